The zero-order valence-corrected chi connectivity index (χ0v) is 8.32. The molecule has 2 rings (SSSR count). The molecule has 2 aliphatic rings. The van der Waals surface area contributed by atoms with Gasteiger partial charge in [-0.15, -0.1) is 0 Å². The van der Waals surface area contributed by atoms with Crippen molar-refractivity contribution in [2.75, 3.05) is 19.8 Å². The summed E-state index contributed by atoms with van der Waals surface area (Å²) in [6.45, 7) is 1.57. The van der Waals surface area contributed by atoms with E-state index in [2.05, 4.69) is 0 Å². The average Bonchev–Trinajstić information content (AvgIpc) is 2.87. The zero-order valence-electron chi connectivity index (χ0n) is 8.32. The Morgan fingerprint density at radius 1 is 1.43 bits per heavy atom. The van der Waals surface area contributed by atoms with Crippen LogP contribution in [0, 0.1) is 0 Å². The Bertz CT molecular complexity index is 213. The lowest BCUT2D eigenvalue weighted by Crippen LogP contribution is -2.43. The second-order valence-electron chi connectivity index (χ2n) is 4.01. The van der Waals surface area contributed by atoms with Crippen LogP contribution in [-0.2, 0) is 9.53 Å². The van der Waals surface area contributed by atoms with E-state index in [0.717, 1.165) is 32.2 Å². The molecular formula is C10H17NO3. The van der Waals surface area contributed by atoms with Crippen molar-refractivity contribution >= 4 is 5.91 Å². The molecule has 0 spiro atoms. The first-order valence-corrected chi connectivity index (χ1v) is 5.36. The van der Waals surface area contributed by atoms with Gasteiger partial charge in [0, 0.05) is 13.2 Å². The molecule has 0 aliphatic carbocycles. The average molecular weight is 199 g/mol. The van der Waals surface area contributed by atoms with Crippen LogP contribution in [0.1, 0.15) is 25.7 Å². The number of aliphatic hydroxyl groups excluding tert-OH is 1. The molecule has 1 N–H and O–H groups in total. The van der Waals surface area contributed by atoms with Gasteiger partial charge in [0.05, 0.1) is 12.6 Å². The van der Waals surface area contributed by atoms with Crippen molar-refractivity contribution in [1.82, 2.24) is 4.90 Å². The smallest absolute Gasteiger partial charge is 0.252 e. The maximum absolute atomic E-state index is 11.9. The summed E-state index contributed by atoms with van der Waals surface area (Å²) in [5.41, 5.74) is 0. The van der Waals surface area contributed by atoms with Crippen molar-refractivity contribution in [2.24, 2.45) is 0 Å². The van der Waals surface area contributed by atoms with Gasteiger partial charge in [-0.2, -0.15) is 0 Å². The Labute approximate surface area is 83.8 Å². The minimum Gasteiger partial charge on any atom is -0.394 e. The lowest BCUT2D eigenvalue weighted by Gasteiger charge is -2.25. The molecule has 2 aliphatic heterocycles. The van der Waals surface area contributed by atoms with E-state index in [9.17, 15) is 4.79 Å². The number of aliphatic hydroxyl groups is 1. The van der Waals surface area contributed by atoms with E-state index >= 15 is 0 Å². The Kier molecular flexibility index (Phi) is 3.03. The van der Waals surface area contributed by atoms with Gasteiger partial charge >= 0.3 is 0 Å². The van der Waals surface area contributed by atoms with Gasteiger partial charge < -0.3 is 14.7 Å². The predicted octanol–water partition coefficient (Wildman–Crippen LogP) is 0.149. The summed E-state index contributed by atoms with van der Waals surface area (Å²) in [7, 11) is 0. The second-order valence-corrected chi connectivity index (χ2v) is 4.01. The van der Waals surface area contributed by atoms with Crippen molar-refractivity contribution < 1.29 is 14.6 Å². The summed E-state index contributed by atoms with van der Waals surface area (Å²) >= 11 is 0. The van der Waals surface area contributed by atoms with E-state index in [1.165, 1.54) is 0 Å². The van der Waals surface area contributed by atoms with Crippen LogP contribution in [-0.4, -0.2) is 47.8 Å². The molecular weight excluding hydrogens is 182 g/mol. The normalized spacial score (nSPS) is 32.5. The van der Waals surface area contributed by atoms with Crippen LogP contribution in [0.3, 0.4) is 0 Å². The quantitative estimate of drug-likeness (QED) is 0.688. The fourth-order valence-electron chi connectivity index (χ4n) is 2.27. The maximum atomic E-state index is 11.9. The molecule has 0 radical (unpaired) electrons. The molecule has 1 amide bonds. The Balaban J connectivity index is 1.95. The van der Waals surface area contributed by atoms with Gasteiger partial charge in [0.1, 0.15) is 6.10 Å². The predicted molar refractivity (Wildman–Crippen MR) is 50.8 cm³/mol. The van der Waals surface area contributed by atoms with E-state index in [0.29, 0.717) is 6.61 Å². The number of rotatable bonds is 2. The number of carbonyl (C=O) groups excluding carboxylic acids is 1. The van der Waals surface area contributed by atoms with Crippen LogP contribution in [0.15, 0.2) is 0 Å². The highest BCUT2D eigenvalue weighted by atomic mass is 16.5. The van der Waals surface area contributed by atoms with Crippen molar-refractivity contribution in [3.63, 3.8) is 0 Å². The first-order valence-electron chi connectivity index (χ1n) is 5.36. The van der Waals surface area contributed by atoms with Crippen molar-refractivity contribution in [1.29, 1.82) is 0 Å². The topological polar surface area (TPSA) is 49.8 Å². The standard InChI is InChI=1S/C10H17NO3/c12-7-8-3-1-5-11(8)10(13)9-4-2-6-14-9/h8-9,12H,1-7H2/t8-,9+/m1/s1. The highest BCUT2D eigenvalue weighted by Gasteiger charge is 2.34. The third-order valence-electron chi connectivity index (χ3n) is 3.08. The largest absolute Gasteiger partial charge is 0.394 e. The number of carbonyl (C=O) groups is 1. The summed E-state index contributed by atoms with van der Waals surface area (Å²) in [5.74, 6) is 0.0825. The van der Waals surface area contributed by atoms with Gasteiger partial charge in [-0.1, -0.05) is 0 Å². The van der Waals surface area contributed by atoms with Crippen LogP contribution in [0.25, 0.3) is 0 Å². The van der Waals surface area contributed by atoms with Gasteiger partial charge in [-0.05, 0) is 25.7 Å². The van der Waals surface area contributed by atoms with Crippen LogP contribution in [0.5, 0.6) is 0 Å². The number of hydrogen-bond acceptors (Lipinski definition) is 3. The first kappa shape index (κ1) is 9.93. The summed E-state index contributed by atoms with van der Waals surface area (Å²) in [6.07, 6.45) is 3.52. The van der Waals surface area contributed by atoms with Gasteiger partial charge in [-0.3, -0.25) is 4.79 Å². The molecule has 2 saturated heterocycles. The lowest BCUT2D eigenvalue weighted by atomic mass is 10.2. The summed E-state index contributed by atoms with van der Waals surface area (Å²) < 4.78 is 5.35. The van der Waals surface area contributed by atoms with Crippen molar-refractivity contribution in [3.05, 3.63) is 0 Å². The highest BCUT2D eigenvalue weighted by Crippen LogP contribution is 2.22. The Hall–Kier alpha value is -0.610. The van der Waals surface area contributed by atoms with Crippen LogP contribution >= 0.6 is 0 Å². The maximum Gasteiger partial charge on any atom is 0.252 e. The summed E-state index contributed by atoms with van der Waals surface area (Å²) in [6, 6.07) is 0.0340. The molecule has 4 nitrogen and oxygen atoms in total. The lowest BCUT2D eigenvalue weighted by molar-refractivity contribution is -0.142. The highest BCUT2D eigenvalue weighted by molar-refractivity contribution is 5.81. The zero-order chi connectivity index (χ0) is 9.97. The minimum absolute atomic E-state index is 0.0340. The molecule has 0 aromatic rings. The van der Waals surface area contributed by atoms with Gasteiger partial charge in [-0.25, -0.2) is 0 Å². The third-order valence-corrected chi connectivity index (χ3v) is 3.08. The second kappa shape index (κ2) is 4.28. The molecule has 2 atom stereocenters. The monoisotopic (exact) mass is 199 g/mol. The van der Waals surface area contributed by atoms with E-state index in [-0.39, 0.29) is 24.7 Å². The molecule has 0 bridgehead atoms. The van der Waals surface area contributed by atoms with Crippen LogP contribution in [0.2, 0.25) is 0 Å². The number of ether oxygens (including phenoxy) is 1. The Morgan fingerprint density at radius 2 is 2.29 bits per heavy atom. The first-order chi connectivity index (χ1) is 6.83. The Morgan fingerprint density at radius 3 is 2.93 bits per heavy atom. The van der Waals surface area contributed by atoms with Gasteiger partial charge in [0.25, 0.3) is 5.91 Å². The molecule has 80 valence electrons. The van der Waals surface area contributed by atoms with E-state index in [4.69, 9.17) is 9.84 Å². The third kappa shape index (κ3) is 1.77. The van der Waals surface area contributed by atoms with Crippen LogP contribution in [0.4, 0.5) is 0 Å². The van der Waals surface area contributed by atoms with Crippen LogP contribution < -0.4 is 0 Å². The van der Waals surface area contributed by atoms with E-state index in [1.807, 2.05) is 0 Å². The molecule has 2 heterocycles. The molecule has 0 unspecified atom stereocenters. The number of nitrogens with zero attached hydrogens (tertiary/aromatic N) is 1. The SMILES string of the molecule is O=C([C@@H]1CCCO1)N1CCC[C@@H]1CO. The number of likely N-dealkylation sites (tertiary alicyclic amines) is 1. The minimum atomic E-state index is -0.234. The molecule has 0 aromatic carbocycles. The molecule has 2 fully saturated rings. The van der Waals surface area contributed by atoms with E-state index < -0.39 is 0 Å². The van der Waals surface area contributed by atoms with Gasteiger partial charge in [0.15, 0.2) is 0 Å². The summed E-state index contributed by atoms with van der Waals surface area (Å²) in [5, 5.41) is 9.09. The van der Waals surface area contributed by atoms with Crippen molar-refractivity contribution in [3.8, 4) is 0 Å². The number of hydrogen-bond donors (Lipinski definition) is 1. The fraction of sp³-hybridized carbons (Fsp3) is 0.900. The van der Waals surface area contributed by atoms with E-state index in [1.54, 1.807) is 4.90 Å². The fourth-order valence-corrected chi connectivity index (χ4v) is 2.27. The van der Waals surface area contributed by atoms with Crippen molar-refractivity contribution in [2.45, 2.75) is 37.8 Å². The molecule has 0 saturated carbocycles. The molecule has 0 aromatic heterocycles. The molecule has 14 heavy (non-hydrogen) atoms. The summed E-state index contributed by atoms with van der Waals surface area (Å²) in [4.78, 5) is 13.7. The molecule has 4 heteroatoms. The number of amides is 1. The van der Waals surface area contributed by atoms with Gasteiger partial charge in [0.2, 0.25) is 0 Å².